The molecule has 15 heteroatoms. The van der Waals surface area contributed by atoms with Crippen molar-refractivity contribution in [2.45, 2.75) is 43.0 Å². The van der Waals surface area contributed by atoms with Crippen molar-refractivity contribution in [2.75, 3.05) is 17.6 Å². The SMILES string of the molecule is C[C@H](c1ccccc1)N1CCC(Oc2cc(F)c(S(=O)(=O)N(OC(=O)C(F)(F)F)c3cscn3)cc2Cl)CC1. The molecule has 39 heavy (non-hydrogen) atoms. The van der Waals surface area contributed by atoms with Crippen molar-refractivity contribution < 1.29 is 40.3 Å². The standard InChI is InChI=1S/C24H22ClF4N3O5S2/c1-15(16-5-3-2-4-6-16)31-9-7-17(8-10-31)36-20-12-19(26)21(11-18(20)25)39(34,35)32(22-13-38-14-30-22)37-23(33)24(27,28)29/h2-6,11-15,17H,7-10H2,1H3/t15-/m1/s1. The molecule has 1 aliphatic rings. The molecule has 1 atom stereocenters. The molecular formula is C24H22ClF4N3O5S2. The number of halogens is 5. The van der Waals surface area contributed by atoms with Gasteiger partial charge >= 0.3 is 12.1 Å². The first-order valence-corrected chi connectivity index (χ1v) is 14.3. The maximum Gasteiger partial charge on any atom is 0.493 e. The highest BCUT2D eigenvalue weighted by Gasteiger charge is 2.46. The van der Waals surface area contributed by atoms with Crippen molar-refractivity contribution in [3.63, 3.8) is 0 Å². The van der Waals surface area contributed by atoms with E-state index in [0.29, 0.717) is 32.0 Å². The number of benzene rings is 2. The normalized spacial score (nSPS) is 16.1. The van der Waals surface area contributed by atoms with E-state index in [9.17, 15) is 26.4 Å². The van der Waals surface area contributed by atoms with Gasteiger partial charge in [-0.25, -0.2) is 14.2 Å². The van der Waals surface area contributed by atoms with Crippen LogP contribution in [0.1, 0.15) is 31.4 Å². The van der Waals surface area contributed by atoms with Gasteiger partial charge in [-0.2, -0.15) is 21.6 Å². The molecule has 2 aromatic carbocycles. The van der Waals surface area contributed by atoms with Gasteiger partial charge in [0.2, 0.25) is 0 Å². The third-order valence-electron chi connectivity index (χ3n) is 6.09. The van der Waals surface area contributed by atoms with E-state index >= 15 is 4.39 Å². The van der Waals surface area contributed by atoms with Crippen molar-refractivity contribution >= 4 is 44.7 Å². The van der Waals surface area contributed by atoms with Crippen molar-refractivity contribution in [1.29, 1.82) is 0 Å². The molecule has 1 fully saturated rings. The minimum atomic E-state index is -5.52. The summed E-state index contributed by atoms with van der Waals surface area (Å²) in [6.45, 7) is 3.49. The van der Waals surface area contributed by atoms with Gasteiger partial charge in [-0.1, -0.05) is 46.4 Å². The van der Waals surface area contributed by atoms with E-state index in [1.54, 1.807) is 0 Å². The Bertz CT molecular complexity index is 1400. The molecule has 1 aromatic heterocycles. The molecule has 2 heterocycles. The summed E-state index contributed by atoms with van der Waals surface area (Å²) in [5.41, 5.74) is 2.26. The Kier molecular flexibility index (Phi) is 8.69. The number of alkyl halides is 3. The summed E-state index contributed by atoms with van der Waals surface area (Å²) in [5.74, 6) is -5.01. The van der Waals surface area contributed by atoms with Crippen LogP contribution >= 0.6 is 22.9 Å². The molecule has 0 amide bonds. The highest BCUT2D eigenvalue weighted by molar-refractivity contribution is 7.92. The zero-order valence-electron chi connectivity index (χ0n) is 20.3. The Hall–Kier alpha value is -2.94. The second-order valence-electron chi connectivity index (χ2n) is 8.61. The summed E-state index contributed by atoms with van der Waals surface area (Å²) in [6.07, 6.45) is -4.66. The van der Waals surface area contributed by atoms with Crippen molar-refractivity contribution in [1.82, 2.24) is 9.88 Å². The first-order chi connectivity index (χ1) is 18.4. The van der Waals surface area contributed by atoms with Crippen molar-refractivity contribution in [2.24, 2.45) is 0 Å². The molecule has 0 radical (unpaired) electrons. The number of hydrogen-bond acceptors (Lipinski definition) is 8. The molecule has 0 bridgehead atoms. The van der Waals surface area contributed by atoms with Gasteiger partial charge in [0.05, 0.1) is 10.5 Å². The summed E-state index contributed by atoms with van der Waals surface area (Å²) in [4.78, 5) is 20.2. The summed E-state index contributed by atoms with van der Waals surface area (Å²) in [7, 11) is -5.21. The fraction of sp³-hybridized carbons (Fsp3) is 0.333. The topological polar surface area (TPSA) is 89.0 Å². The minimum Gasteiger partial charge on any atom is -0.489 e. The highest BCUT2D eigenvalue weighted by atomic mass is 35.5. The van der Waals surface area contributed by atoms with E-state index in [-0.39, 0.29) is 22.9 Å². The Morgan fingerprint density at radius 2 is 1.87 bits per heavy atom. The number of ether oxygens (including phenoxy) is 1. The third-order valence-corrected chi connectivity index (χ3v) is 8.52. The zero-order chi connectivity index (χ0) is 28.4. The molecule has 1 aliphatic heterocycles. The molecule has 210 valence electrons. The van der Waals surface area contributed by atoms with Crippen LogP contribution in [0.3, 0.4) is 0 Å². The van der Waals surface area contributed by atoms with Gasteiger partial charge in [0.25, 0.3) is 10.0 Å². The van der Waals surface area contributed by atoms with E-state index in [2.05, 4.69) is 21.6 Å². The van der Waals surface area contributed by atoms with E-state index in [0.717, 1.165) is 28.3 Å². The van der Waals surface area contributed by atoms with Gasteiger partial charge in [-0.15, -0.1) is 11.3 Å². The number of likely N-dealkylation sites (tertiary alicyclic amines) is 1. The molecule has 8 nitrogen and oxygen atoms in total. The van der Waals surface area contributed by atoms with Crippen molar-refractivity contribution in [3.8, 4) is 5.75 Å². The van der Waals surface area contributed by atoms with Crippen LogP contribution in [-0.4, -0.2) is 49.6 Å². The predicted molar refractivity (Wildman–Crippen MR) is 135 cm³/mol. The van der Waals surface area contributed by atoms with Gasteiger partial charge in [-0.05, 0) is 31.4 Å². The first-order valence-electron chi connectivity index (χ1n) is 11.5. The number of hydrogen-bond donors (Lipinski definition) is 0. The lowest BCUT2D eigenvalue weighted by atomic mass is 10.0. The molecule has 4 rings (SSSR count). The minimum absolute atomic E-state index is 0.129. The molecule has 0 aliphatic carbocycles. The monoisotopic (exact) mass is 607 g/mol. The van der Waals surface area contributed by atoms with Gasteiger partial charge in [0.1, 0.15) is 22.6 Å². The smallest absolute Gasteiger partial charge is 0.489 e. The number of thiazole rings is 1. The summed E-state index contributed by atoms with van der Waals surface area (Å²) in [5, 5.41) is 0.707. The third kappa shape index (κ3) is 6.62. The maximum atomic E-state index is 15.1. The lowest BCUT2D eigenvalue weighted by Gasteiger charge is -2.36. The van der Waals surface area contributed by atoms with Crippen LogP contribution in [-0.2, 0) is 19.7 Å². The summed E-state index contributed by atoms with van der Waals surface area (Å²) < 4.78 is 85.1. The van der Waals surface area contributed by atoms with Gasteiger partial charge in [0, 0.05) is 30.6 Å². The summed E-state index contributed by atoms with van der Waals surface area (Å²) in [6, 6.07) is 11.6. The first kappa shape index (κ1) is 29.1. The molecule has 0 saturated carbocycles. The van der Waals surface area contributed by atoms with Crippen LogP contribution in [0.5, 0.6) is 5.75 Å². The average Bonchev–Trinajstić information content (AvgIpc) is 3.43. The number of carbonyl (C=O) groups excluding carboxylic acids is 1. The number of anilines is 1. The van der Waals surface area contributed by atoms with Crippen LogP contribution < -0.4 is 9.21 Å². The molecule has 0 N–H and O–H groups in total. The number of piperidine rings is 1. The number of aromatic nitrogens is 1. The second kappa shape index (κ2) is 11.7. The fourth-order valence-corrected chi connectivity index (χ4v) is 6.14. The van der Waals surface area contributed by atoms with Crippen LogP contribution in [0.2, 0.25) is 5.02 Å². The van der Waals surface area contributed by atoms with E-state index < -0.39 is 43.2 Å². The van der Waals surface area contributed by atoms with Crippen LogP contribution in [0, 0.1) is 5.82 Å². The number of sulfonamides is 1. The lowest BCUT2D eigenvalue weighted by Crippen LogP contribution is -2.39. The fourth-order valence-electron chi connectivity index (χ4n) is 4.03. The van der Waals surface area contributed by atoms with Gasteiger partial charge in [0.15, 0.2) is 5.82 Å². The predicted octanol–water partition coefficient (Wildman–Crippen LogP) is 5.76. The Labute approximate surface area is 230 Å². The van der Waals surface area contributed by atoms with Crippen LogP contribution in [0.4, 0.5) is 23.4 Å². The van der Waals surface area contributed by atoms with Crippen LogP contribution in [0.15, 0.2) is 58.3 Å². The molecule has 1 saturated heterocycles. The molecular weight excluding hydrogens is 586 g/mol. The van der Waals surface area contributed by atoms with Crippen molar-refractivity contribution in [3.05, 3.63) is 69.8 Å². The van der Waals surface area contributed by atoms with E-state index in [1.807, 2.05) is 30.3 Å². The lowest BCUT2D eigenvalue weighted by molar-refractivity contribution is -0.199. The quantitative estimate of drug-likeness (QED) is 0.238. The molecule has 3 aromatic rings. The number of rotatable bonds is 8. The van der Waals surface area contributed by atoms with Crippen LogP contribution in [0.25, 0.3) is 0 Å². The maximum absolute atomic E-state index is 15.1. The average molecular weight is 608 g/mol. The molecule has 0 spiro atoms. The largest absolute Gasteiger partial charge is 0.493 e. The molecule has 0 unspecified atom stereocenters. The Morgan fingerprint density at radius 1 is 1.21 bits per heavy atom. The Morgan fingerprint density at radius 3 is 2.46 bits per heavy atom. The van der Waals surface area contributed by atoms with E-state index in [1.165, 1.54) is 5.56 Å². The highest BCUT2D eigenvalue weighted by Crippen LogP contribution is 2.35. The number of nitrogens with zero attached hydrogens (tertiary/aromatic N) is 3. The Balaban J connectivity index is 1.50. The van der Waals surface area contributed by atoms with Gasteiger partial charge < -0.3 is 9.57 Å². The second-order valence-corrected chi connectivity index (χ2v) is 11.5. The van der Waals surface area contributed by atoms with Gasteiger partial charge in [-0.3, -0.25) is 4.90 Å². The summed E-state index contributed by atoms with van der Waals surface area (Å²) >= 11 is 7.02. The number of carbonyl (C=O) groups is 1. The van der Waals surface area contributed by atoms with E-state index in [4.69, 9.17) is 16.3 Å². The zero-order valence-corrected chi connectivity index (χ0v) is 22.7.